The maximum atomic E-state index is 12.7. The maximum absolute atomic E-state index is 12.7. The molecule has 1 aromatic carbocycles. The highest BCUT2D eigenvalue weighted by molar-refractivity contribution is 7.89. The predicted molar refractivity (Wildman–Crippen MR) is 102 cm³/mol. The smallest absolute Gasteiger partial charge is 0.251 e. The van der Waals surface area contributed by atoms with Crippen LogP contribution in [0.2, 0.25) is 0 Å². The number of nitrogens with one attached hydrogen (secondary N) is 1. The highest BCUT2D eigenvalue weighted by Gasteiger charge is 2.38. The van der Waals surface area contributed by atoms with Gasteiger partial charge in [-0.25, -0.2) is 8.42 Å². The monoisotopic (exact) mass is 388 g/mol. The summed E-state index contributed by atoms with van der Waals surface area (Å²) in [5.74, 6) is 2.28. The van der Waals surface area contributed by atoms with E-state index in [-0.39, 0.29) is 10.8 Å². The standard InChI is InChI=1S/C19H24N4O3S/c1-3-4-9-19(21-22-19)10-11-20-18(24)17-14-16(8-7-15(17)2)27(25,26)23-12-5-6-13-23/h1,7-8,14H,4-6,9-13H2,2H3,(H,20,24). The lowest BCUT2D eigenvalue weighted by atomic mass is 10.0. The molecule has 1 aromatic rings. The van der Waals surface area contributed by atoms with Gasteiger partial charge in [-0.1, -0.05) is 6.07 Å². The van der Waals surface area contributed by atoms with Crippen molar-refractivity contribution in [2.75, 3.05) is 19.6 Å². The van der Waals surface area contributed by atoms with Gasteiger partial charge < -0.3 is 5.32 Å². The number of rotatable bonds is 8. The third-order valence-electron chi connectivity index (χ3n) is 5.02. The van der Waals surface area contributed by atoms with Crippen molar-refractivity contribution in [1.29, 1.82) is 0 Å². The Kier molecular flexibility index (Phi) is 5.63. The van der Waals surface area contributed by atoms with Crippen molar-refractivity contribution >= 4 is 15.9 Å². The zero-order chi connectivity index (χ0) is 19.5. The molecule has 0 saturated carbocycles. The number of carbonyl (C=O) groups is 1. The van der Waals surface area contributed by atoms with E-state index >= 15 is 0 Å². The lowest BCUT2D eigenvalue weighted by molar-refractivity contribution is 0.0951. The molecule has 1 N–H and O–H groups in total. The summed E-state index contributed by atoms with van der Waals surface area (Å²) in [6.07, 6.45) is 8.88. The van der Waals surface area contributed by atoms with E-state index in [9.17, 15) is 13.2 Å². The van der Waals surface area contributed by atoms with Gasteiger partial charge in [0, 0.05) is 44.5 Å². The number of nitrogens with zero attached hydrogens (tertiary/aromatic N) is 3. The van der Waals surface area contributed by atoms with Gasteiger partial charge in [0.05, 0.1) is 4.90 Å². The van der Waals surface area contributed by atoms with Crippen molar-refractivity contribution in [2.24, 2.45) is 10.2 Å². The minimum atomic E-state index is -3.55. The molecule has 2 aliphatic rings. The fraction of sp³-hybridized carbons (Fsp3) is 0.526. The zero-order valence-electron chi connectivity index (χ0n) is 15.4. The first kappa shape index (κ1) is 19.5. The molecular weight excluding hydrogens is 364 g/mol. The number of amides is 1. The number of hydrogen-bond donors (Lipinski definition) is 1. The molecule has 2 heterocycles. The van der Waals surface area contributed by atoms with Crippen LogP contribution >= 0.6 is 0 Å². The van der Waals surface area contributed by atoms with E-state index in [2.05, 4.69) is 21.5 Å². The van der Waals surface area contributed by atoms with E-state index in [1.807, 2.05) is 0 Å². The highest BCUT2D eigenvalue weighted by atomic mass is 32.2. The first-order valence-electron chi connectivity index (χ1n) is 9.14. The van der Waals surface area contributed by atoms with Crippen LogP contribution in [0, 0.1) is 19.3 Å². The third-order valence-corrected chi connectivity index (χ3v) is 6.91. The summed E-state index contributed by atoms with van der Waals surface area (Å²) in [7, 11) is -3.55. The fourth-order valence-electron chi connectivity index (χ4n) is 3.22. The molecule has 144 valence electrons. The van der Waals surface area contributed by atoms with E-state index in [1.54, 1.807) is 19.1 Å². The molecule has 0 bridgehead atoms. The van der Waals surface area contributed by atoms with Gasteiger partial charge in [0.2, 0.25) is 10.0 Å². The largest absolute Gasteiger partial charge is 0.352 e. The fourth-order valence-corrected chi connectivity index (χ4v) is 4.77. The molecule has 2 aliphatic heterocycles. The van der Waals surface area contributed by atoms with E-state index in [4.69, 9.17) is 6.42 Å². The van der Waals surface area contributed by atoms with Gasteiger partial charge in [0.1, 0.15) is 0 Å². The van der Waals surface area contributed by atoms with Crippen molar-refractivity contribution in [1.82, 2.24) is 9.62 Å². The molecule has 0 spiro atoms. The van der Waals surface area contributed by atoms with Crippen LogP contribution in [0.4, 0.5) is 0 Å². The summed E-state index contributed by atoms with van der Waals surface area (Å²) in [6.45, 7) is 3.26. The summed E-state index contributed by atoms with van der Waals surface area (Å²) in [4.78, 5) is 12.7. The molecule has 27 heavy (non-hydrogen) atoms. The summed E-state index contributed by atoms with van der Waals surface area (Å²) in [5.41, 5.74) is 0.656. The van der Waals surface area contributed by atoms with Gasteiger partial charge in [-0.05, 0) is 37.5 Å². The lowest BCUT2D eigenvalue weighted by Gasteiger charge is -2.17. The van der Waals surface area contributed by atoms with E-state index in [0.29, 0.717) is 44.5 Å². The number of benzene rings is 1. The Bertz CT molecular complexity index is 890. The molecular formula is C19H24N4O3S. The van der Waals surface area contributed by atoms with E-state index < -0.39 is 15.7 Å². The second-order valence-electron chi connectivity index (χ2n) is 6.98. The van der Waals surface area contributed by atoms with E-state index in [0.717, 1.165) is 18.4 Å². The average Bonchev–Trinajstić information content (AvgIpc) is 3.18. The van der Waals surface area contributed by atoms with Crippen molar-refractivity contribution in [2.45, 2.75) is 49.6 Å². The Hall–Kier alpha value is -2.24. The Morgan fingerprint density at radius 3 is 2.63 bits per heavy atom. The van der Waals surface area contributed by atoms with Crippen molar-refractivity contribution in [3.8, 4) is 12.3 Å². The van der Waals surface area contributed by atoms with Crippen LogP contribution in [0.25, 0.3) is 0 Å². The van der Waals surface area contributed by atoms with Gasteiger partial charge in [-0.15, -0.1) is 12.3 Å². The first-order chi connectivity index (χ1) is 12.9. The Morgan fingerprint density at radius 1 is 1.30 bits per heavy atom. The normalized spacial score (nSPS) is 18.2. The second-order valence-corrected chi connectivity index (χ2v) is 8.92. The molecule has 1 fully saturated rings. The zero-order valence-corrected chi connectivity index (χ0v) is 16.3. The molecule has 0 aliphatic carbocycles. The van der Waals surface area contributed by atoms with E-state index in [1.165, 1.54) is 10.4 Å². The van der Waals surface area contributed by atoms with Crippen molar-refractivity contribution in [3.63, 3.8) is 0 Å². The van der Waals surface area contributed by atoms with Crippen LogP contribution in [0.1, 0.15) is 48.0 Å². The summed E-state index contributed by atoms with van der Waals surface area (Å²) in [6, 6.07) is 4.71. The molecule has 8 heteroatoms. The molecule has 1 saturated heterocycles. The van der Waals surface area contributed by atoms with Crippen molar-refractivity contribution < 1.29 is 13.2 Å². The van der Waals surface area contributed by atoms with Gasteiger partial charge in [-0.2, -0.15) is 14.5 Å². The molecule has 0 unspecified atom stereocenters. The SMILES string of the molecule is C#CCCC1(CCNC(=O)c2cc(S(=O)(=O)N3CCCC3)ccc2C)N=N1. The number of aryl methyl sites for hydroxylation is 1. The van der Waals surface area contributed by atoms with Gasteiger partial charge >= 0.3 is 0 Å². The number of sulfonamides is 1. The van der Waals surface area contributed by atoms with Crippen LogP contribution in [-0.4, -0.2) is 43.9 Å². The number of carbonyl (C=O) groups excluding carboxylic acids is 1. The molecule has 0 radical (unpaired) electrons. The topological polar surface area (TPSA) is 91.2 Å². The minimum absolute atomic E-state index is 0.165. The quantitative estimate of drug-likeness (QED) is 0.694. The molecule has 3 rings (SSSR count). The Balaban J connectivity index is 1.65. The summed E-state index contributed by atoms with van der Waals surface area (Å²) >= 11 is 0. The van der Waals surface area contributed by atoms with Gasteiger partial charge in [-0.3, -0.25) is 4.79 Å². The molecule has 0 atom stereocenters. The molecule has 7 nitrogen and oxygen atoms in total. The average molecular weight is 388 g/mol. The second kappa shape index (κ2) is 7.79. The van der Waals surface area contributed by atoms with Crippen molar-refractivity contribution in [3.05, 3.63) is 29.3 Å². The number of terminal acetylenes is 1. The minimum Gasteiger partial charge on any atom is -0.352 e. The molecule has 1 amide bonds. The highest BCUT2D eigenvalue weighted by Crippen LogP contribution is 2.36. The Labute approximate surface area is 160 Å². The van der Waals surface area contributed by atoms with Crippen LogP contribution in [0.15, 0.2) is 33.3 Å². The lowest BCUT2D eigenvalue weighted by Crippen LogP contribution is -2.30. The van der Waals surface area contributed by atoms with Crippen LogP contribution in [0.3, 0.4) is 0 Å². The maximum Gasteiger partial charge on any atom is 0.251 e. The Morgan fingerprint density at radius 2 is 2.00 bits per heavy atom. The van der Waals surface area contributed by atoms with Crippen LogP contribution in [0.5, 0.6) is 0 Å². The van der Waals surface area contributed by atoms with Gasteiger partial charge in [0.15, 0.2) is 5.66 Å². The van der Waals surface area contributed by atoms with Crippen LogP contribution in [-0.2, 0) is 10.0 Å². The summed E-state index contributed by atoms with van der Waals surface area (Å²) < 4.78 is 26.9. The molecule has 0 aromatic heterocycles. The number of hydrogen-bond acceptors (Lipinski definition) is 5. The third kappa shape index (κ3) is 4.37. The summed E-state index contributed by atoms with van der Waals surface area (Å²) in [5, 5.41) is 10.9. The van der Waals surface area contributed by atoms with Gasteiger partial charge in [0.25, 0.3) is 5.91 Å². The van der Waals surface area contributed by atoms with Crippen LogP contribution < -0.4 is 5.32 Å². The first-order valence-corrected chi connectivity index (χ1v) is 10.6. The predicted octanol–water partition coefficient (Wildman–Crippen LogP) is 2.47.